The average Bonchev–Trinajstić information content (AvgIpc) is 3.68. The Labute approximate surface area is 352 Å². The van der Waals surface area contributed by atoms with Crippen molar-refractivity contribution < 1.29 is 0 Å². The largest absolute Gasteiger partial charge is 0.310 e. The number of anilines is 3. The second-order valence-electron chi connectivity index (χ2n) is 20.6. The second kappa shape index (κ2) is 13.3. The van der Waals surface area contributed by atoms with Gasteiger partial charge in [0.05, 0.1) is 5.69 Å². The Kier molecular flexibility index (Phi) is 8.12. The Bertz CT molecular complexity index is 2590. The van der Waals surface area contributed by atoms with Crippen molar-refractivity contribution in [2.45, 2.75) is 115 Å². The molecule has 59 heavy (non-hydrogen) atoms. The summed E-state index contributed by atoms with van der Waals surface area (Å²) in [4.78, 5) is 2.67. The van der Waals surface area contributed by atoms with Gasteiger partial charge in [0, 0.05) is 27.8 Å². The minimum Gasteiger partial charge on any atom is -0.310 e. The van der Waals surface area contributed by atoms with Gasteiger partial charge in [0.2, 0.25) is 0 Å². The minimum absolute atomic E-state index is 0.0881. The van der Waals surface area contributed by atoms with Gasteiger partial charge in [-0.05, 0) is 172 Å². The van der Waals surface area contributed by atoms with E-state index in [2.05, 4.69) is 160 Å². The van der Waals surface area contributed by atoms with Crippen LogP contribution in [0, 0.1) is 23.7 Å². The summed E-state index contributed by atoms with van der Waals surface area (Å²) in [5.41, 5.74) is 21.2. The molecule has 7 aliphatic rings. The predicted octanol–water partition coefficient (Wildman–Crippen LogP) is 16.0. The molecule has 0 radical (unpaired) electrons. The Morgan fingerprint density at radius 2 is 1.07 bits per heavy atom. The molecule has 5 saturated carbocycles. The van der Waals surface area contributed by atoms with E-state index >= 15 is 0 Å². The zero-order chi connectivity index (χ0) is 39.6. The molecule has 296 valence electrons. The smallest absolute Gasteiger partial charge is 0.0542 e. The van der Waals surface area contributed by atoms with Crippen molar-refractivity contribution >= 4 is 17.1 Å². The van der Waals surface area contributed by atoms with Crippen LogP contribution in [0.2, 0.25) is 0 Å². The average molecular weight is 770 g/mol. The van der Waals surface area contributed by atoms with Crippen molar-refractivity contribution in [1.29, 1.82) is 0 Å². The van der Waals surface area contributed by atoms with E-state index in [1.807, 2.05) is 0 Å². The normalized spacial score (nSPS) is 25.6. The summed E-state index contributed by atoms with van der Waals surface area (Å²) in [6.07, 6.45) is 13.8. The molecule has 0 N–H and O–H groups in total. The molecule has 1 heteroatoms. The molecule has 0 saturated heterocycles. The van der Waals surface area contributed by atoms with Gasteiger partial charge in [-0.15, -0.1) is 0 Å². The molecule has 4 bridgehead atoms. The molecule has 0 atom stereocenters. The van der Waals surface area contributed by atoms with Crippen LogP contribution in [0.1, 0.15) is 137 Å². The summed E-state index contributed by atoms with van der Waals surface area (Å²) >= 11 is 0. The van der Waals surface area contributed by atoms with Crippen LogP contribution in [-0.2, 0) is 10.8 Å². The quantitative estimate of drug-likeness (QED) is 0.163. The Morgan fingerprint density at radius 1 is 0.508 bits per heavy atom. The third-order valence-electron chi connectivity index (χ3n) is 16.8. The summed E-state index contributed by atoms with van der Waals surface area (Å²) in [5, 5.41) is 0. The van der Waals surface area contributed by atoms with E-state index in [4.69, 9.17) is 0 Å². The maximum absolute atomic E-state index is 2.70. The lowest BCUT2D eigenvalue weighted by Gasteiger charge is -2.61. The third-order valence-corrected chi connectivity index (χ3v) is 16.8. The van der Waals surface area contributed by atoms with E-state index in [9.17, 15) is 0 Å². The SMILES string of the molecule is CC(C)c1ccc(-c2ccc(C3CCCCC3)cc2)c(N(c2ccc3c(c2)C(C)(C)c2ccccc2-3)c2ccc3c(c2)C2(c4ccccc4-3)C3CC4CC(C3)CC2C4)c1. The summed E-state index contributed by atoms with van der Waals surface area (Å²) in [5.74, 6) is 4.41. The standard InChI is InChI=1S/C58H59N/c1-36(2)42-22-25-47(41-20-18-40(19-21-41)39-12-6-5-7-13-39)56(33-42)59(45-23-26-50-48-14-8-10-16-52(48)57(3,4)54(50)34-45)46-24-27-51-49-15-9-11-17-53(49)58(55(51)35-46)43-29-37-28-38(31-43)32-44(58)30-37/h8-11,14-27,33-39,43-44H,5-7,12-13,28-32H2,1-4H3. The second-order valence-corrected chi connectivity index (χ2v) is 20.6. The highest BCUT2D eigenvalue weighted by molar-refractivity contribution is 5.93. The van der Waals surface area contributed by atoms with Gasteiger partial charge >= 0.3 is 0 Å². The van der Waals surface area contributed by atoms with Crippen molar-refractivity contribution in [3.05, 3.63) is 161 Å². The lowest BCUT2D eigenvalue weighted by molar-refractivity contribution is -0.0399. The van der Waals surface area contributed by atoms with Gasteiger partial charge in [0.15, 0.2) is 0 Å². The number of hydrogen-bond acceptors (Lipinski definition) is 1. The van der Waals surface area contributed by atoms with Crippen LogP contribution in [0.15, 0.2) is 127 Å². The Morgan fingerprint density at radius 3 is 1.73 bits per heavy atom. The fraction of sp³-hybridized carbons (Fsp3) is 0.379. The summed E-state index contributed by atoms with van der Waals surface area (Å²) in [6, 6.07) is 50.9. The fourth-order valence-electron chi connectivity index (χ4n) is 14.2. The highest BCUT2D eigenvalue weighted by Gasteiger charge is 2.61. The number of fused-ring (bicyclic) bond motifs is 6. The molecule has 5 fully saturated rings. The van der Waals surface area contributed by atoms with Crippen LogP contribution in [-0.4, -0.2) is 0 Å². The van der Waals surface area contributed by atoms with Gasteiger partial charge in [-0.2, -0.15) is 0 Å². The van der Waals surface area contributed by atoms with Crippen LogP contribution in [0.4, 0.5) is 17.1 Å². The zero-order valence-electron chi connectivity index (χ0n) is 35.6. The summed E-state index contributed by atoms with van der Waals surface area (Å²) in [6.45, 7) is 9.54. The van der Waals surface area contributed by atoms with Gasteiger partial charge in [0.1, 0.15) is 0 Å². The first-order valence-corrected chi connectivity index (χ1v) is 23.3. The molecular formula is C58H59N. The van der Waals surface area contributed by atoms with Crippen molar-refractivity contribution in [1.82, 2.24) is 0 Å². The Hall–Kier alpha value is -4.88. The predicted molar refractivity (Wildman–Crippen MR) is 247 cm³/mol. The van der Waals surface area contributed by atoms with Crippen molar-refractivity contribution in [3.63, 3.8) is 0 Å². The third kappa shape index (κ3) is 5.28. The van der Waals surface area contributed by atoms with Crippen LogP contribution in [0.25, 0.3) is 33.4 Å². The lowest BCUT2D eigenvalue weighted by atomic mass is 9.43. The molecule has 0 heterocycles. The van der Waals surface area contributed by atoms with E-state index in [1.165, 1.54) is 137 Å². The van der Waals surface area contributed by atoms with E-state index in [0.717, 1.165) is 23.7 Å². The lowest BCUT2D eigenvalue weighted by Crippen LogP contribution is -2.55. The van der Waals surface area contributed by atoms with Crippen LogP contribution >= 0.6 is 0 Å². The minimum atomic E-state index is -0.0881. The molecule has 0 aliphatic heterocycles. The van der Waals surface area contributed by atoms with E-state index in [-0.39, 0.29) is 10.8 Å². The number of rotatable bonds is 6. The molecule has 1 spiro atoms. The first kappa shape index (κ1) is 36.0. The summed E-state index contributed by atoms with van der Waals surface area (Å²) < 4.78 is 0. The highest BCUT2D eigenvalue weighted by Crippen LogP contribution is 2.69. The van der Waals surface area contributed by atoms with Gasteiger partial charge < -0.3 is 4.90 Å². The molecule has 0 amide bonds. The number of hydrogen-bond donors (Lipinski definition) is 0. The molecule has 1 nitrogen and oxygen atoms in total. The number of benzene rings is 6. The van der Waals surface area contributed by atoms with Crippen LogP contribution in [0.5, 0.6) is 0 Å². The molecular weight excluding hydrogens is 711 g/mol. The topological polar surface area (TPSA) is 3.24 Å². The summed E-state index contributed by atoms with van der Waals surface area (Å²) in [7, 11) is 0. The van der Waals surface area contributed by atoms with E-state index < -0.39 is 0 Å². The Balaban J connectivity index is 1.08. The maximum Gasteiger partial charge on any atom is 0.0542 e. The van der Waals surface area contributed by atoms with Gasteiger partial charge in [-0.25, -0.2) is 0 Å². The maximum atomic E-state index is 2.70. The fourth-order valence-corrected chi connectivity index (χ4v) is 14.2. The molecule has 6 aromatic rings. The first-order chi connectivity index (χ1) is 28.8. The molecule has 0 aromatic heterocycles. The zero-order valence-corrected chi connectivity index (χ0v) is 35.6. The van der Waals surface area contributed by atoms with Crippen molar-refractivity contribution in [3.8, 4) is 33.4 Å². The highest BCUT2D eigenvalue weighted by atomic mass is 15.1. The molecule has 13 rings (SSSR count). The molecule has 6 aromatic carbocycles. The van der Waals surface area contributed by atoms with Crippen LogP contribution < -0.4 is 4.90 Å². The van der Waals surface area contributed by atoms with Crippen molar-refractivity contribution in [2.75, 3.05) is 4.90 Å². The van der Waals surface area contributed by atoms with E-state index in [1.54, 1.807) is 11.1 Å². The molecule has 0 unspecified atom stereocenters. The number of nitrogens with zero attached hydrogens (tertiary/aromatic N) is 1. The van der Waals surface area contributed by atoms with Gasteiger partial charge in [0.25, 0.3) is 0 Å². The first-order valence-electron chi connectivity index (χ1n) is 23.3. The van der Waals surface area contributed by atoms with Crippen molar-refractivity contribution in [2.24, 2.45) is 23.7 Å². The van der Waals surface area contributed by atoms with E-state index in [0.29, 0.717) is 11.8 Å². The van der Waals surface area contributed by atoms with Gasteiger partial charge in [-0.3, -0.25) is 0 Å². The molecule has 7 aliphatic carbocycles. The van der Waals surface area contributed by atoms with Crippen LogP contribution in [0.3, 0.4) is 0 Å². The van der Waals surface area contributed by atoms with Gasteiger partial charge in [-0.1, -0.05) is 144 Å². The monoisotopic (exact) mass is 769 g/mol.